The van der Waals surface area contributed by atoms with Crippen LogP contribution < -0.4 is 0 Å². The predicted octanol–water partition coefficient (Wildman–Crippen LogP) is 5.18. The van der Waals surface area contributed by atoms with Crippen molar-refractivity contribution in [3.05, 3.63) is 45.6 Å². The van der Waals surface area contributed by atoms with E-state index in [-0.39, 0.29) is 29.7 Å². The molecule has 1 aromatic carbocycles. The fourth-order valence-corrected chi connectivity index (χ4v) is 4.89. The summed E-state index contributed by atoms with van der Waals surface area (Å²) >= 11 is 11.5. The Bertz CT molecular complexity index is 1240. The second-order valence-corrected chi connectivity index (χ2v) is 9.99. The molecular formula is C21H16Cl2F8N4O3. The van der Waals surface area contributed by atoms with Crippen LogP contribution in [0.2, 0.25) is 10.0 Å². The molecule has 2 aliphatic rings. The van der Waals surface area contributed by atoms with Crippen LogP contribution in [0.5, 0.6) is 0 Å². The normalized spacial score (nSPS) is 19.7. The summed E-state index contributed by atoms with van der Waals surface area (Å²) in [6, 6.07) is 2.95. The minimum absolute atomic E-state index is 0.00329. The van der Waals surface area contributed by atoms with E-state index in [0.717, 1.165) is 28.0 Å². The fourth-order valence-electron chi connectivity index (χ4n) is 4.59. The summed E-state index contributed by atoms with van der Waals surface area (Å²) in [5, 5.41) is 6.79. The number of amides is 2. The molecule has 2 amide bonds. The first-order valence-corrected chi connectivity index (χ1v) is 11.5. The number of benzene rings is 1. The maximum atomic E-state index is 15.1. The maximum absolute atomic E-state index is 15.1. The Hall–Kier alpha value is -2.68. The third kappa shape index (κ3) is 5.67. The van der Waals surface area contributed by atoms with Crippen molar-refractivity contribution in [1.82, 2.24) is 20.0 Å². The molecule has 0 N–H and O–H groups in total. The molecule has 1 aromatic heterocycles. The van der Waals surface area contributed by atoms with Crippen molar-refractivity contribution in [2.45, 2.75) is 37.0 Å². The lowest BCUT2D eigenvalue weighted by molar-refractivity contribution is -0.170. The van der Waals surface area contributed by atoms with Crippen molar-refractivity contribution in [3.63, 3.8) is 0 Å². The topological polar surface area (TPSA) is 79.5 Å². The van der Waals surface area contributed by atoms with E-state index in [0.29, 0.717) is 0 Å². The molecule has 2 saturated heterocycles. The Morgan fingerprint density at radius 3 is 2.00 bits per heavy atom. The zero-order chi connectivity index (χ0) is 28.3. The number of carbonyl (C=O) groups excluding carboxylic acids is 2. The van der Waals surface area contributed by atoms with Gasteiger partial charge >= 0.3 is 18.3 Å². The van der Waals surface area contributed by atoms with Gasteiger partial charge in [-0.1, -0.05) is 29.3 Å². The lowest BCUT2D eigenvalue weighted by Gasteiger charge is -2.50. The molecule has 2 aromatic rings. The van der Waals surface area contributed by atoms with E-state index in [1.54, 1.807) is 0 Å². The molecule has 0 radical (unpaired) electrons. The monoisotopic (exact) mass is 594 g/mol. The number of rotatable bonds is 5. The number of nitrogens with zero attached hydrogens (tertiary/aromatic N) is 4. The van der Waals surface area contributed by atoms with Gasteiger partial charge in [0.05, 0.1) is 16.0 Å². The highest BCUT2D eigenvalue weighted by Crippen LogP contribution is 2.50. The van der Waals surface area contributed by atoms with Gasteiger partial charge in [-0.25, -0.2) is 0 Å². The first kappa shape index (κ1) is 28.3. The van der Waals surface area contributed by atoms with Crippen molar-refractivity contribution in [2.75, 3.05) is 26.2 Å². The van der Waals surface area contributed by atoms with E-state index < -0.39 is 78.2 Å². The molecule has 17 heteroatoms. The molecule has 1 unspecified atom stereocenters. The summed E-state index contributed by atoms with van der Waals surface area (Å²) in [5.74, 6) is -9.26. The van der Waals surface area contributed by atoms with Gasteiger partial charge in [0.1, 0.15) is 12.8 Å². The summed E-state index contributed by atoms with van der Waals surface area (Å²) in [4.78, 5) is 25.8. The van der Waals surface area contributed by atoms with Gasteiger partial charge in [-0.05, 0) is 12.1 Å². The van der Waals surface area contributed by atoms with Crippen LogP contribution in [0, 0.1) is 5.41 Å². The molecule has 0 saturated carbocycles. The second kappa shape index (κ2) is 9.50. The Morgan fingerprint density at radius 1 is 0.895 bits per heavy atom. The summed E-state index contributed by atoms with van der Waals surface area (Å²) in [7, 11) is 0. The van der Waals surface area contributed by atoms with Gasteiger partial charge in [-0.15, -0.1) is 10.2 Å². The Balaban J connectivity index is 1.61. The molecular weight excluding hydrogens is 579 g/mol. The third-order valence-corrected chi connectivity index (χ3v) is 7.10. The smallest absolute Gasteiger partial charge is 0.397 e. The van der Waals surface area contributed by atoms with Crippen LogP contribution in [0.15, 0.2) is 22.6 Å². The third-order valence-electron chi connectivity index (χ3n) is 6.36. The molecule has 1 spiro atoms. The van der Waals surface area contributed by atoms with Gasteiger partial charge in [0.15, 0.2) is 0 Å². The van der Waals surface area contributed by atoms with Gasteiger partial charge in [-0.3, -0.25) is 9.59 Å². The number of likely N-dealkylation sites (tertiary alicyclic amines) is 2. The van der Waals surface area contributed by atoms with Crippen molar-refractivity contribution in [2.24, 2.45) is 5.41 Å². The molecule has 3 heterocycles. The molecule has 1 atom stereocenters. The highest BCUT2D eigenvalue weighted by atomic mass is 35.5. The van der Waals surface area contributed by atoms with Crippen LogP contribution in [0.1, 0.15) is 36.1 Å². The summed E-state index contributed by atoms with van der Waals surface area (Å²) in [6.07, 6.45) is -13.2. The quantitative estimate of drug-likeness (QED) is 0.446. The first-order valence-electron chi connectivity index (χ1n) is 10.8. The molecule has 0 aliphatic carbocycles. The molecule has 2 aliphatic heterocycles. The SMILES string of the molecule is O=C(CC(F)(F)F)N1CC(c2nnc(C(F)(F)c3ccc(Cl)c(Cl)c3)o2)C2(C1)CN(C(=O)CC(F)(F)F)C2. The number of hydrogen-bond acceptors (Lipinski definition) is 5. The van der Waals surface area contributed by atoms with Crippen LogP contribution in [0.3, 0.4) is 0 Å². The van der Waals surface area contributed by atoms with Gasteiger partial charge < -0.3 is 14.2 Å². The zero-order valence-corrected chi connectivity index (χ0v) is 20.4. The minimum Gasteiger partial charge on any atom is -0.419 e. The highest BCUT2D eigenvalue weighted by Gasteiger charge is 2.59. The number of alkyl halides is 8. The number of aromatic nitrogens is 2. The van der Waals surface area contributed by atoms with Crippen LogP contribution in [-0.4, -0.2) is 70.3 Å². The second-order valence-electron chi connectivity index (χ2n) is 9.17. The summed E-state index contributed by atoms with van der Waals surface area (Å²) < 4.78 is 112. The largest absolute Gasteiger partial charge is 0.419 e. The number of hydrogen-bond donors (Lipinski definition) is 0. The van der Waals surface area contributed by atoms with Crippen molar-refractivity contribution >= 4 is 35.0 Å². The lowest BCUT2D eigenvalue weighted by atomic mass is 9.71. The number of halogens is 10. The predicted molar refractivity (Wildman–Crippen MR) is 113 cm³/mol. The first-order chi connectivity index (χ1) is 17.4. The van der Waals surface area contributed by atoms with Crippen molar-refractivity contribution in [3.8, 4) is 0 Å². The van der Waals surface area contributed by atoms with E-state index in [1.165, 1.54) is 0 Å². The number of carbonyl (C=O) groups is 2. The average molecular weight is 595 g/mol. The van der Waals surface area contributed by atoms with Crippen LogP contribution in [-0.2, 0) is 15.5 Å². The summed E-state index contributed by atoms with van der Waals surface area (Å²) in [6.45, 7) is -1.62. The molecule has 38 heavy (non-hydrogen) atoms. The van der Waals surface area contributed by atoms with Gasteiger partial charge in [0.25, 0.3) is 5.89 Å². The lowest BCUT2D eigenvalue weighted by Crippen LogP contribution is -2.62. The Kier molecular flexibility index (Phi) is 7.09. The minimum atomic E-state index is -4.84. The molecule has 7 nitrogen and oxygen atoms in total. The van der Waals surface area contributed by atoms with Crippen molar-refractivity contribution in [1.29, 1.82) is 0 Å². The Labute approximate surface area is 218 Å². The summed E-state index contributed by atoms with van der Waals surface area (Å²) in [5.41, 5.74) is -1.93. The van der Waals surface area contributed by atoms with Gasteiger partial charge in [0.2, 0.25) is 17.7 Å². The standard InChI is InChI=1S/C21H16Cl2F8N4O3/c22-12-2-1-10(3-13(12)23)21(30,31)17-33-32-16(38-17)11-6-34(14(36)4-19(24,25)26)7-18(11)8-35(9-18)15(37)5-20(27,28)29/h1-3,11H,4-9H2. The molecule has 0 bridgehead atoms. The fraction of sp³-hybridized carbons (Fsp3) is 0.524. The maximum Gasteiger partial charge on any atom is 0.397 e. The average Bonchev–Trinajstić information content (AvgIpc) is 3.37. The molecule has 208 valence electrons. The van der Waals surface area contributed by atoms with Crippen LogP contribution in [0.4, 0.5) is 35.1 Å². The molecule has 4 rings (SSSR count). The Morgan fingerprint density at radius 2 is 1.45 bits per heavy atom. The van der Waals surface area contributed by atoms with E-state index in [9.17, 15) is 35.9 Å². The molecule has 2 fully saturated rings. The van der Waals surface area contributed by atoms with Gasteiger partial charge in [-0.2, -0.15) is 35.1 Å². The van der Waals surface area contributed by atoms with E-state index in [1.807, 2.05) is 0 Å². The van der Waals surface area contributed by atoms with E-state index in [4.69, 9.17) is 27.6 Å². The van der Waals surface area contributed by atoms with Crippen molar-refractivity contribution < 1.29 is 49.1 Å². The van der Waals surface area contributed by atoms with Gasteiger partial charge in [0, 0.05) is 37.2 Å². The zero-order valence-electron chi connectivity index (χ0n) is 18.8. The van der Waals surface area contributed by atoms with Crippen LogP contribution in [0.25, 0.3) is 0 Å². The van der Waals surface area contributed by atoms with E-state index in [2.05, 4.69) is 10.2 Å². The highest BCUT2D eigenvalue weighted by molar-refractivity contribution is 6.42. The van der Waals surface area contributed by atoms with Crippen LogP contribution >= 0.6 is 23.2 Å². The van der Waals surface area contributed by atoms with E-state index >= 15 is 8.78 Å².